The molecule has 0 saturated heterocycles. The molecular weight excluding hydrogens is 357 g/mol. The van der Waals surface area contributed by atoms with Crippen LogP contribution in [0.5, 0.6) is 0 Å². The van der Waals surface area contributed by atoms with Gasteiger partial charge in [-0.2, -0.15) is 0 Å². The molecule has 27 heavy (non-hydrogen) atoms. The third kappa shape index (κ3) is 3.77. The second-order valence-corrected chi connectivity index (χ2v) is 6.26. The molecule has 1 aromatic heterocycles. The van der Waals surface area contributed by atoms with Gasteiger partial charge in [0, 0.05) is 24.2 Å². The molecule has 3 aromatic rings. The lowest BCUT2D eigenvalue weighted by Crippen LogP contribution is -2.10. The summed E-state index contributed by atoms with van der Waals surface area (Å²) in [7, 11) is 0. The maximum Gasteiger partial charge on any atom is 0.195 e. The molecule has 0 atom stereocenters. The quantitative estimate of drug-likeness (QED) is 0.466. The molecule has 142 valence electrons. The minimum absolute atomic E-state index is 0.0335. The Bertz CT molecular complexity index is 1050. The van der Waals surface area contributed by atoms with Crippen molar-refractivity contribution in [2.45, 2.75) is 26.2 Å². The Hall–Kier alpha value is -2.96. The highest BCUT2D eigenvalue weighted by Crippen LogP contribution is 2.31. The zero-order chi connectivity index (χ0) is 19.6. The number of halogens is 3. The molecule has 7 heteroatoms. The Morgan fingerprint density at radius 2 is 1.81 bits per heavy atom. The highest BCUT2D eigenvalue weighted by Gasteiger charge is 2.19. The maximum absolute atomic E-state index is 14.3. The van der Waals surface area contributed by atoms with E-state index in [0.29, 0.717) is 12.6 Å². The number of nitrogen functional groups attached to an aromatic ring is 1. The topological polar surface area (TPSA) is 68.3 Å². The van der Waals surface area contributed by atoms with E-state index in [9.17, 15) is 18.0 Å². The van der Waals surface area contributed by atoms with Crippen LogP contribution in [0.25, 0.3) is 22.3 Å². The van der Waals surface area contributed by atoms with E-state index in [-0.39, 0.29) is 33.7 Å². The van der Waals surface area contributed by atoms with Crippen LogP contribution in [0.2, 0.25) is 0 Å². The van der Waals surface area contributed by atoms with Gasteiger partial charge < -0.3 is 15.5 Å². The first-order chi connectivity index (χ1) is 12.9. The van der Waals surface area contributed by atoms with Crippen molar-refractivity contribution in [3.05, 3.63) is 58.0 Å². The summed E-state index contributed by atoms with van der Waals surface area (Å²) in [5.41, 5.74) is 4.50. The van der Waals surface area contributed by atoms with E-state index in [1.807, 2.05) is 6.92 Å². The van der Waals surface area contributed by atoms with Crippen molar-refractivity contribution < 1.29 is 17.6 Å². The molecule has 0 spiro atoms. The van der Waals surface area contributed by atoms with Gasteiger partial charge in [-0.15, -0.1) is 0 Å². The molecule has 2 aromatic carbocycles. The van der Waals surface area contributed by atoms with E-state index >= 15 is 0 Å². The van der Waals surface area contributed by atoms with E-state index in [0.717, 1.165) is 31.4 Å². The van der Waals surface area contributed by atoms with Gasteiger partial charge >= 0.3 is 0 Å². The number of rotatable bonds is 6. The first-order valence-corrected chi connectivity index (χ1v) is 8.67. The van der Waals surface area contributed by atoms with Crippen LogP contribution in [-0.4, -0.2) is 6.54 Å². The first kappa shape index (κ1) is 18.8. The van der Waals surface area contributed by atoms with Gasteiger partial charge in [-0.1, -0.05) is 19.8 Å². The number of fused-ring (bicyclic) bond motifs is 1. The van der Waals surface area contributed by atoms with Gasteiger partial charge in [0.1, 0.15) is 17.4 Å². The normalized spacial score (nSPS) is 11.1. The van der Waals surface area contributed by atoms with Gasteiger partial charge in [0.25, 0.3) is 0 Å². The van der Waals surface area contributed by atoms with Crippen LogP contribution in [-0.2, 0) is 0 Å². The van der Waals surface area contributed by atoms with Crippen molar-refractivity contribution in [1.29, 1.82) is 0 Å². The van der Waals surface area contributed by atoms with Crippen LogP contribution < -0.4 is 16.5 Å². The fourth-order valence-corrected chi connectivity index (χ4v) is 2.85. The van der Waals surface area contributed by atoms with E-state index in [2.05, 4.69) is 5.32 Å². The predicted molar refractivity (Wildman–Crippen MR) is 100 cm³/mol. The monoisotopic (exact) mass is 376 g/mol. The van der Waals surface area contributed by atoms with Crippen LogP contribution >= 0.6 is 0 Å². The van der Waals surface area contributed by atoms with Crippen molar-refractivity contribution in [2.24, 2.45) is 0 Å². The molecule has 4 nitrogen and oxygen atoms in total. The summed E-state index contributed by atoms with van der Waals surface area (Å²) in [6, 6.07) is 5.61. The van der Waals surface area contributed by atoms with Crippen LogP contribution in [0, 0.1) is 17.5 Å². The maximum atomic E-state index is 14.3. The number of benzene rings is 2. The Morgan fingerprint density at radius 3 is 2.52 bits per heavy atom. The van der Waals surface area contributed by atoms with E-state index in [1.165, 1.54) is 12.1 Å². The Morgan fingerprint density at radius 1 is 1.04 bits per heavy atom. The average molecular weight is 376 g/mol. The lowest BCUT2D eigenvalue weighted by Gasteiger charge is -2.12. The summed E-state index contributed by atoms with van der Waals surface area (Å²) in [5.74, 6) is -2.59. The summed E-state index contributed by atoms with van der Waals surface area (Å²) in [6.07, 6.45) is 2.70. The Labute approximate surface area is 153 Å². The van der Waals surface area contributed by atoms with Crippen molar-refractivity contribution in [2.75, 3.05) is 17.6 Å². The third-order valence-electron chi connectivity index (χ3n) is 4.27. The number of hydrogen-bond donors (Lipinski definition) is 2. The molecule has 0 amide bonds. The molecule has 0 unspecified atom stereocenters. The molecule has 0 aliphatic carbocycles. The minimum Gasteiger partial charge on any atom is -0.453 e. The molecule has 0 saturated carbocycles. The van der Waals surface area contributed by atoms with E-state index < -0.39 is 22.9 Å². The number of unbranched alkanes of at least 4 members (excludes halogenated alkanes) is 2. The Balaban J connectivity index is 2.12. The average Bonchev–Trinajstić information content (AvgIpc) is 2.63. The standard InChI is InChI=1S/C20H19F3N2O2/c1-2-3-4-7-25-19-13(22)9-14(23)20-18(19)16(26)10-17(27-20)11-5-6-15(24)12(21)8-11/h5-6,8-10,25H,2-4,7,24H2,1H3. The summed E-state index contributed by atoms with van der Waals surface area (Å²) >= 11 is 0. The third-order valence-corrected chi connectivity index (χ3v) is 4.27. The molecule has 1 heterocycles. The van der Waals surface area contributed by atoms with Crippen molar-refractivity contribution >= 4 is 22.3 Å². The van der Waals surface area contributed by atoms with Crippen LogP contribution in [0.15, 0.2) is 39.5 Å². The van der Waals surface area contributed by atoms with Gasteiger partial charge in [0.15, 0.2) is 16.8 Å². The first-order valence-electron chi connectivity index (χ1n) is 8.67. The fraction of sp³-hybridized carbons (Fsp3) is 0.250. The molecule has 0 aliphatic heterocycles. The highest BCUT2D eigenvalue weighted by atomic mass is 19.1. The summed E-state index contributed by atoms with van der Waals surface area (Å²) in [4.78, 5) is 12.6. The SMILES string of the molecule is CCCCCNc1c(F)cc(F)c2oc(-c3ccc(N)c(F)c3)cc(=O)c12. The van der Waals surface area contributed by atoms with Gasteiger partial charge in [-0.25, -0.2) is 13.2 Å². The van der Waals surface area contributed by atoms with Crippen LogP contribution in [0.1, 0.15) is 26.2 Å². The van der Waals surface area contributed by atoms with Gasteiger partial charge in [-0.3, -0.25) is 4.79 Å². The zero-order valence-corrected chi connectivity index (χ0v) is 14.7. The lowest BCUT2D eigenvalue weighted by atomic mass is 10.1. The number of nitrogens with one attached hydrogen (secondary N) is 1. The van der Waals surface area contributed by atoms with Gasteiger partial charge in [0.05, 0.1) is 16.8 Å². The van der Waals surface area contributed by atoms with Crippen LogP contribution in [0.3, 0.4) is 0 Å². The zero-order valence-electron chi connectivity index (χ0n) is 14.7. The fourth-order valence-electron chi connectivity index (χ4n) is 2.85. The van der Waals surface area contributed by atoms with Gasteiger partial charge in [0.2, 0.25) is 0 Å². The Kier molecular flexibility index (Phi) is 5.39. The molecule has 0 radical (unpaired) electrons. The lowest BCUT2D eigenvalue weighted by molar-refractivity contribution is 0.545. The van der Waals surface area contributed by atoms with Crippen molar-refractivity contribution in [3.63, 3.8) is 0 Å². The second kappa shape index (κ2) is 7.73. The van der Waals surface area contributed by atoms with Gasteiger partial charge in [-0.05, 0) is 24.6 Å². The predicted octanol–water partition coefficient (Wildman–Crippen LogP) is 5.06. The number of anilines is 2. The largest absolute Gasteiger partial charge is 0.453 e. The second-order valence-electron chi connectivity index (χ2n) is 6.26. The van der Waals surface area contributed by atoms with Crippen molar-refractivity contribution in [1.82, 2.24) is 0 Å². The molecule has 0 aliphatic rings. The number of hydrogen-bond acceptors (Lipinski definition) is 4. The highest BCUT2D eigenvalue weighted by molar-refractivity contribution is 5.91. The minimum atomic E-state index is -1.00. The van der Waals surface area contributed by atoms with Crippen LogP contribution in [0.4, 0.5) is 24.5 Å². The molecule has 3 N–H and O–H groups in total. The molecule has 0 bridgehead atoms. The summed E-state index contributed by atoms with van der Waals surface area (Å²) in [5, 5.41) is 2.65. The van der Waals surface area contributed by atoms with E-state index in [4.69, 9.17) is 10.2 Å². The molecular formula is C20H19F3N2O2. The summed E-state index contributed by atoms with van der Waals surface area (Å²) < 4.78 is 47.7. The van der Waals surface area contributed by atoms with Crippen molar-refractivity contribution in [3.8, 4) is 11.3 Å². The summed E-state index contributed by atoms with van der Waals surface area (Å²) in [6.45, 7) is 2.47. The number of nitrogens with two attached hydrogens (primary N) is 1. The smallest absolute Gasteiger partial charge is 0.195 e. The molecule has 3 rings (SSSR count). The molecule has 0 fully saturated rings. The van der Waals surface area contributed by atoms with E-state index in [1.54, 1.807) is 0 Å².